The molecule has 0 rings (SSSR count). The molecule has 112 valence electrons. The maximum Gasteiger partial charge on any atom is 0.0653 e. The molecule has 0 spiro atoms. The fourth-order valence-corrected chi connectivity index (χ4v) is 2.87. The number of hydrogen-bond acceptors (Lipinski definition) is 2. The third kappa shape index (κ3) is 7.99. The van der Waals surface area contributed by atoms with Gasteiger partial charge < -0.3 is 0 Å². The minimum Gasteiger partial charge on any atom is -0.288 e. The van der Waals surface area contributed by atoms with Gasteiger partial charge in [0.05, 0.1) is 14.0 Å². The second-order valence-electron chi connectivity index (χ2n) is 5.48. The summed E-state index contributed by atoms with van der Waals surface area (Å²) >= 11 is 0. The molecule has 0 heterocycles. The van der Waals surface area contributed by atoms with Crippen molar-refractivity contribution in [2.45, 2.75) is 78.7 Å². The highest BCUT2D eigenvalue weighted by molar-refractivity contribution is 6.08. The lowest BCUT2D eigenvalue weighted by Gasteiger charge is -2.40. The van der Waals surface area contributed by atoms with Gasteiger partial charge in [-0.05, 0) is 58.3 Å². The first-order chi connectivity index (χ1) is 9.24. The Balaban J connectivity index is 4.76. The lowest BCUT2D eigenvalue weighted by molar-refractivity contribution is 0.0343. The van der Waals surface area contributed by atoms with Crippen molar-refractivity contribution in [1.82, 2.24) is 9.80 Å². The summed E-state index contributed by atoms with van der Waals surface area (Å²) in [5.74, 6) is 0. The number of rotatable bonds is 13. The molecule has 0 bridgehead atoms. The average molecular weight is 266 g/mol. The van der Waals surface area contributed by atoms with Gasteiger partial charge in [-0.1, -0.05) is 40.4 Å². The van der Waals surface area contributed by atoms with Crippen LogP contribution in [0.4, 0.5) is 0 Å². The van der Waals surface area contributed by atoms with Crippen molar-refractivity contribution in [2.24, 2.45) is 0 Å². The van der Waals surface area contributed by atoms with E-state index in [4.69, 9.17) is 7.85 Å². The van der Waals surface area contributed by atoms with Crippen LogP contribution in [-0.4, -0.2) is 50.0 Å². The van der Waals surface area contributed by atoms with Gasteiger partial charge in [-0.3, -0.25) is 9.80 Å². The monoisotopic (exact) mass is 266 g/mol. The number of hydrogen-bond donors (Lipinski definition) is 0. The van der Waals surface area contributed by atoms with Crippen molar-refractivity contribution in [3.63, 3.8) is 0 Å². The molecule has 0 N–H and O–H groups in total. The molecular weight excluding hydrogens is 231 g/mol. The molecule has 0 aromatic carbocycles. The predicted octanol–water partition coefficient (Wildman–Crippen LogP) is 3.92. The van der Waals surface area contributed by atoms with Crippen LogP contribution in [0.1, 0.15) is 66.2 Å². The highest BCUT2D eigenvalue weighted by Crippen LogP contribution is 2.16. The molecular formula is C16H35BN2. The Morgan fingerprint density at radius 2 is 1.11 bits per heavy atom. The summed E-state index contributed by atoms with van der Waals surface area (Å²) in [6.07, 6.45) is 8.74. The zero-order valence-corrected chi connectivity index (χ0v) is 13.8. The summed E-state index contributed by atoms with van der Waals surface area (Å²) in [4.78, 5) is 5.36. The summed E-state index contributed by atoms with van der Waals surface area (Å²) in [5, 5.41) is 0. The Morgan fingerprint density at radius 3 is 1.37 bits per heavy atom. The SMILES string of the molecule is [B]CCCC(N(CCC)CCC)N(CCC)CCC. The zero-order valence-electron chi connectivity index (χ0n) is 13.8. The maximum absolute atomic E-state index is 5.74. The van der Waals surface area contributed by atoms with E-state index < -0.39 is 0 Å². The highest BCUT2D eigenvalue weighted by atomic mass is 15.3. The lowest BCUT2D eigenvalue weighted by atomic mass is 9.98. The van der Waals surface area contributed by atoms with Crippen molar-refractivity contribution >= 4 is 7.85 Å². The zero-order chi connectivity index (χ0) is 14.5. The summed E-state index contributed by atoms with van der Waals surface area (Å²) in [5.41, 5.74) is 0. The van der Waals surface area contributed by atoms with E-state index in [1.54, 1.807) is 0 Å². The van der Waals surface area contributed by atoms with E-state index in [0.717, 1.165) is 12.7 Å². The van der Waals surface area contributed by atoms with Crippen molar-refractivity contribution in [3.8, 4) is 0 Å². The van der Waals surface area contributed by atoms with Crippen LogP contribution < -0.4 is 0 Å². The van der Waals surface area contributed by atoms with Gasteiger partial charge >= 0.3 is 0 Å². The molecule has 0 aliphatic rings. The van der Waals surface area contributed by atoms with E-state index in [9.17, 15) is 0 Å². The van der Waals surface area contributed by atoms with Gasteiger partial charge in [0.15, 0.2) is 0 Å². The fraction of sp³-hybridized carbons (Fsp3) is 1.00. The maximum atomic E-state index is 5.74. The first kappa shape index (κ1) is 19.0. The molecule has 0 saturated carbocycles. The van der Waals surface area contributed by atoms with E-state index in [-0.39, 0.29) is 0 Å². The predicted molar refractivity (Wildman–Crippen MR) is 87.9 cm³/mol. The van der Waals surface area contributed by atoms with E-state index in [0.29, 0.717) is 6.17 Å². The third-order valence-corrected chi connectivity index (χ3v) is 3.55. The van der Waals surface area contributed by atoms with Crippen molar-refractivity contribution < 1.29 is 0 Å². The molecule has 0 aromatic heterocycles. The Kier molecular flexibility index (Phi) is 13.0. The normalized spacial score (nSPS) is 11.9. The highest BCUT2D eigenvalue weighted by Gasteiger charge is 2.22. The molecule has 0 aliphatic heterocycles. The van der Waals surface area contributed by atoms with Gasteiger partial charge in [0.25, 0.3) is 0 Å². The van der Waals surface area contributed by atoms with Crippen molar-refractivity contribution in [1.29, 1.82) is 0 Å². The van der Waals surface area contributed by atoms with Crippen LogP contribution in [0.5, 0.6) is 0 Å². The van der Waals surface area contributed by atoms with Gasteiger partial charge in [0.1, 0.15) is 0 Å². The molecule has 19 heavy (non-hydrogen) atoms. The molecule has 0 aromatic rings. The second-order valence-corrected chi connectivity index (χ2v) is 5.48. The minimum absolute atomic E-state index is 0.600. The minimum atomic E-state index is 0.600. The van der Waals surface area contributed by atoms with E-state index in [1.165, 1.54) is 58.3 Å². The number of nitrogens with zero attached hydrogens (tertiary/aromatic N) is 2. The molecule has 3 heteroatoms. The lowest BCUT2D eigenvalue weighted by Crippen LogP contribution is -2.49. The van der Waals surface area contributed by atoms with E-state index >= 15 is 0 Å². The van der Waals surface area contributed by atoms with Crippen molar-refractivity contribution in [3.05, 3.63) is 0 Å². The smallest absolute Gasteiger partial charge is 0.0653 e. The van der Waals surface area contributed by atoms with Gasteiger partial charge in [-0.2, -0.15) is 0 Å². The molecule has 0 amide bonds. The van der Waals surface area contributed by atoms with Crippen LogP contribution in [0.2, 0.25) is 6.32 Å². The van der Waals surface area contributed by atoms with Gasteiger partial charge in [-0.15, -0.1) is 0 Å². The Hall–Kier alpha value is -0.0151. The fourth-order valence-electron chi connectivity index (χ4n) is 2.87. The molecule has 0 fully saturated rings. The van der Waals surface area contributed by atoms with Crippen LogP contribution in [-0.2, 0) is 0 Å². The first-order valence-electron chi connectivity index (χ1n) is 8.43. The largest absolute Gasteiger partial charge is 0.288 e. The van der Waals surface area contributed by atoms with Gasteiger partial charge in [0.2, 0.25) is 0 Å². The third-order valence-electron chi connectivity index (χ3n) is 3.55. The van der Waals surface area contributed by atoms with Crippen molar-refractivity contribution in [2.75, 3.05) is 26.2 Å². The second kappa shape index (κ2) is 13.0. The van der Waals surface area contributed by atoms with Gasteiger partial charge in [-0.25, -0.2) is 0 Å². The molecule has 0 unspecified atom stereocenters. The van der Waals surface area contributed by atoms with Crippen LogP contribution >= 0.6 is 0 Å². The van der Waals surface area contributed by atoms with Gasteiger partial charge in [0, 0.05) is 0 Å². The quantitative estimate of drug-likeness (QED) is 0.368. The molecule has 0 aliphatic carbocycles. The summed E-state index contributed by atoms with van der Waals surface area (Å²) in [6, 6.07) is 0. The Bertz CT molecular complexity index is 160. The Labute approximate surface area is 123 Å². The van der Waals surface area contributed by atoms with E-state index in [1.807, 2.05) is 0 Å². The molecule has 0 atom stereocenters. The molecule has 2 nitrogen and oxygen atoms in total. The Morgan fingerprint density at radius 1 is 0.737 bits per heavy atom. The van der Waals surface area contributed by atoms with E-state index in [2.05, 4.69) is 37.5 Å². The summed E-state index contributed by atoms with van der Waals surface area (Å²) in [6.45, 7) is 14.0. The first-order valence-corrected chi connectivity index (χ1v) is 8.43. The average Bonchev–Trinajstić information content (AvgIpc) is 2.40. The summed E-state index contributed by atoms with van der Waals surface area (Å²) in [7, 11) is 5.74. The standard InChI is InChI=1S/C16H35BN2/c1-5-12-18(13-6-2)16(10-9-11-17)19(14-7-3)15-8-4/h16H,5-15H2,1-4H3. The molecule has 0 saturated heterocycles. The topological polar surface area (TPSA) is 6.48 Å². The van der Waals surface area contributed by atoms with Crippen LogP contribution in [0.3, 0.4) is 0 Å². The van der Waals surface area contributed by atoms with Crippen LogP contribution in [0.25, 0.3) is 0 Å². The molecule has 2 radical (unpaired) electrons. The van der Waals surface area contributed by atoms with Crippen LogP contribution in [0, 0.1) is 0 Å². The summed E-state index contributed by atoms with van der Waals surface area (Å²) < 4.78 is 0. The van der Waals surface area contributed by atoms with Crippen LogP contribution in [0.15, 0.2) is 0 Å².